The lowest BCUT2D eigenvalue weighted by atomic mass is 10.1. The molecule has 0 unspecified atom stereocenters. The molecule has 1 aliphatic rings. The molecule has 0 bridgehead atoms. The van der Waals surface area contributed by atoms with E-state index in [0.717, 1.165) is 18.0 Å². The topological polar surface area (TPSA) is 113 Å². The second-order valence-corrected chi connectivity index (χ2v) is 7.93. The van der Waals surface area contributed by atoms with Gasteiger partial charge < -0.3 is 15.0 Å². The summed E-state index contributed by atoms with van der Waals surface area (Å²) in [6.45, 7) is 1.21. The molecule has 1 saturated heterocycles. The second kappa shape index (κ2) is 9.40. The maximum absolute atomic E-state index is 12.4. The van der Waals surface area contributed by atoms with Crippen molar-refractivity contribution in [3.8, 4) is 5.88 Å². The smallest absolute Gasteiger partial charge is 0.391 e. The van der Waals surface area contributed by atoms with Crippen LogP contribution in [0.1, 0.15) is 23.2 Å². The van der Waals surface area contributed by atoms with E-state index in [2.05, 4.69) is 25.5 Å². The highest BCUT2D eigenvalue weighted by Crippen LogP contribution is 2.28. The first-order valence-corrected chi connectivity index (χ1v) is 10.4. The normalized spacial score (nSPS) is 14.3. The molecule has 9 nitrogen and oxygen atoms in total. The van der Waals surface area contributed by atoms with Crippen LogP contribution in [0.3, 0.4) is 0 Å². The first kappa shape index (κ1) is 19.9. The van der Waals surface area contributed by atoms with Crippen molar-refractivity contribution in [1.29, 1.82) is 0 Å². The number of rotatable bonds is 5. The largest absolute Gasteiger partial charge is 0.416 e. The SMILES string of the molecule is O=C(Nc1ccc(OC(=O)N2CCC(Sc3nc[nH]n3)CC2)nc1)c1ccccc1. The molecular formula is C20H20N6O3S. The van der Waals surface area contributed by atoms with E-state index in [9.17, 15) is 9.59 Å². The van der Waals surface area contributed by atoms with Crippen LogP contribution in [0.15, 0.2) is 60.1 Å². The molecule has 1 fully saturated rings. The average molecular weight is 424 g/mol. The number of benzene rings is 1. The molecule has 2 amide bonds. The first-order valence-electron chi connectivity index (χ1n) is 9.49. The van der Waals surface area contributed by atoms with Gasteiger partial charge in [0.25, 0.3) is 5.91 Å². The molecule has 0 radical (unpaired) electrons. The van der Waals surface area contributed by atoms with Crippen LogP contribution >= 0.6 is 11.8 Å². The molecule has 2 N–H and O–H groups in total. The Bertz CT molecular complexity index is 974. The van der Waals surface area contributed by atoms with Crippen molar-refractivity contribution in [2.75, 3.05) is 18.4 Å². The molecule has 30 heavy (non-hydrogen) atoms. The van der Waals surface area contributed by atoms with Crippen LogP contribution in [-0.2, 0) is 0 Å². The Balaban J connectivity index is 1.25. The minimum Gasteiger partial charge on any atom is -0.391 e. The summed E-state index contributed by atoms with van der Waals surface area (Å²) in [6, 6.07) is 12.1. The van der Waals surface area contributed by atoms with E-state index in [1.807, 2.05) is 6.07 Å². The summed E-state index contributed by atoms with van der Waals surface area (Å²) >= 11 is 1.61. The number of nitrogens with zero attached hydrogens (tertiary/aromatic N) is 4. The van der Waals surface area contributed by atoms with E-state index in [1.54, 1.807) is 59.4 Å². The van der Waals surface area contributed by atoms with E-state index >= 15 is 0 Å². The summed E-state index contributed by atoms with van der Waals surface area (Å²) in [7, 11) is 0. The van der Waals surface area contributed by atoms with E-state index in [0.29, 0.717) is 29.6 Å². The number of hydrogen-bond donors (Lipinski definition) is 2. The van der Waals surface area contributed by atoms with Crippen molar-refractivity contribution in [2.45, 2.75) is 23.2 Å². The van der Waals surface area contributed by atoms with Gasteiger partial charge in [0.05, 0.1) is 11.9 Å². The number of amides is 2. The van der Waals surface area contributed by atoms with Gasteiger partial charge in [-0.05, 0) is 31.0 Å². The number of hydrogen-bond acceptors (Lipinski definition) is 7. The van der Waals surface area contributed by atoms with Crippen LogP contribution in [0.4, 0.5) is 10.5 Å². The van der Waals surface area contributed by atoms with Crippen LogP contribution < -0.4 is 10.1 Å². The van der Waals surface area contributed by atoms with Gasteiger partial charge in [-0.15, -0.1) is 5.10 Å². The van der Waals surface area contributed by atoms with Crippen LogP contribution in [0.2, 0.25) is 0 Å². The highest BCUT2D eigenvalue weighted by atomic mass is 32.2. The predicted octanol–water partition coefficient (Wildman–Crippen LogP) is 3.21. The summed E-state index contributed by atoms with van der Waals surface area (Å²) in [4.78, 5) is 34.5. The molecule has 154 valence electrons. The Morgan fingerprint density at radius 1 is 1.10 bits per heavy atom. The average Bonchev–Trinajstić information content (AvgIpc) is 3.29. The van der Waals surface area contributed by atoms with Crippen LogP contribution in [0.5, 0.6) is 5.88 Å². The minimum atomic E-state index is -0.426. The third-order valence-electron chi connectivity index (χ3n) is 4.59. The number of H-pyrrole nitrogens is 1. The van der Waals surface area contributed by atoms with Gasteiger partial charge >= 0.3 is 6.09 Å². The molecule has 0 saturated carbocycles. The van der Waals surface area contributed by atoms with Crippen molar-refractivity contribution in [1.82, 2.24) is 25.1 Å². The second-order valence-electron chi connectivity index (χ2n) is 6.66. The Morgan fingerprint density at radius 2 is 1.90 bits per heavy atom. The summed E-state index contributed by atoms with van der Waals surface area (Å²) in [5.74, 6) is -0.0390. The third kappa shape index (κ3) is 5.15. The van der Waals surface area contributed by atoms with Gasteiger partial charge in [-0.25, -0.2) is 14.8 Å². The third-order valence-corrected chi connectivity index (χ3v) is 5.80. The Morgan fingerprint density at radius 3 is 2.57 bits per heavy atom. The molecule has 0 aliphatic carbocycles. The molecule has 3 heterocycles. The maximum atomic E-state index is 12.4. The molecule has 1 aromatic carbocycles. The quantitative estimate of drug-likeness (QED) is 0.646. The molecule has 2 aromatic heterocycles. The van der Waals surface area contributed by atoms with Gasteiger partial charge in [0.1, 0.15) is 6.33 Å². The monoisotopic (exact) mass is 424 g/mol. The lowest BCUT2D eigenvalue weighted by Gasteiger charge is -2.30. The van der Waals surface area contributed by atoms with Crippen LogP contribution in [-0.4, -0.2) is 55.4 Å². The molecular weight excluding hydrogens is 404 g/mol. The van der Waals surface area contributed by atoms with Crippen LogP contribution in [0, 0.1) is 0 Å². The standard InChI is InChI=1S/C20H20N6O3S/c27-18(14-4-2-1-3-5-14)24-15-6-7-17(21-12-15)29-20(28)26-10-8-16(9-11-26)30-19-22-13-23-25-19/h1-7,12-13,16H,8-11H2,(H,24,27)(H,22,23,25). The number of aromatic amines is 1. The summed E-state index contributed by atoms with van der Waals surface area (Å²) in [5.41, 5.74) is 1.08. The number of ether oxygens (including phenoxy) is 1. The summed E-state index contributed by atoms with van der Waals surface area (Å²) in [6.07, 6.45) is 4.27. The van der Waals surface area contributed by atoms with Crippen molar-refractivity contribution >= 4 is 29.4 Å². The number of carbonyl (C=O) groups is 2. The van der Waals surface area contributed by atoms with E-state index in [-0.39, 0.29) is 11.8 Å². The number of piperidine rings is 1. The van der Waals surface area contributed by atoms with Gasteiger partial charge in [0, 0.05) is 30.0 Å². The predicted molar refractivity (Wildman–Crippen MR) is 111 cm³/mol. The van der Waals surface area contributed by atoms with Gasteiger partial charge in [-0.2, -0.15) is 0 Å². The van der Waals surface area contributed by atoms with E-state index in [4.69, 9.17) is 4.74 Å². The Kier molecular flexibility index (Phi) is 6.23. The van der Waals surface area contributed by atoms with Gasteiger partial charge in [-0.1, -0.05) is 30.0 Å². The zero-order valence-electron chi connectivity index (χ0n) is 16.0. The number of carbonyl (C=O) groups excluding carboxylic acids is 2. The number of aromatic nitrogens is 4. The highest BCUT2D eigenvalue weighted by molar-refractivity contribution is 7.99. The first-order chi connectivity index (χ1) is 14.7. The molecule has 3 aromatic rings. The zero-order chi connectivity index (χ0) is 20.8. The number of nitrogens with one attached hydrogen (secondary N) is 2. The van der Waals surface area contributed by atoms with Crippen LogP contribution in [0.25, 0.3) is 0 Å². The van der Waals surface area contributed by atoms with E-state index in [1.165, 1.54) is 6.20 Å². The number of likely N-dealkylation sites (tertiary alicyclic amines) is 1. The molecule has 1 aliphatic heterocycles. The number of anilines is 1. The summed E-state index contributed by atoms with van der Waals surface area (Å²) < 4.78 is 5.37. The fourth-order valence-electron chi connectivity index (χ4n) is 3.02. The molecule has 0 spiro atoms. The minimum absolute atomic E-state index is 0.190. The van der Waals surface area contributed by atoms with Crippen molar-refractivity contribution in [3.63, 3.8) is 0 Å². The lowest BCUT2D eigenvalue weighted by molar-refractivity contribution is 0.102. The van der Waals surface area contributed by atoms with Gasteiger partial charge in [0.15, 0.2) is 0 Å². The Labute approximate surface area is 177 Å². The Hall–Kier alpha value is -3.40. The number of pyridine rings is 1. The zero-order valence-corrected chi connectivity index (χ0v) is 16.8. The van der Waals surface area contributed by atoms with Gasteiger partial charge in [0.2, 0.25) is 11.0 Å². The van der Waals surface area contributed by atoms with Crippen molar-refractivity contribution < 1.29 is 14.3 Å². The molecule has 10 heteroatoms. The van der Waals surface area contributed by atoms with Crippen molar-refractivity contribution in [3.05, 3.63) is 60.6 Å². The van der Waals surface area contributed by atoms with Gasteiger partial charge in [-0.3, -0.25) is 9.89 Å². The molecule has 0 atom stereocenters. The lowest BCUT2D eigenvalue weighted by Crippen LogP contribution is -2.41. The fourth-order valence-corrected chi connectivity index (χ4v) is 3.98. The summed E-state index contributed by atoms with van der Waals surface area (Å²) in [5, 5.41) is 10.6. The fraction of sp³-hybridized carbons (Fsp3) is 0.250. The maximum Gasteiger partial charge on any atom is 0.416 e. The molecule has 4 rings (SSSR count). The van der Waals surface area contributed by atoms with E-state index < -0.39 is 6.09 Å². The number of thioether (sulfide) groups is 1. The van der Waals surface area contributed by atoms with Crippen molar-refractivity contribution in [2.24, 2.45) is 0 Å². The highest BCUT2D eigenvalue weighted by Gasteiger charge is 2.25.